The van der Waals surface area contributed by atoms with E-state index in [1.54, 1.807) is 0 Å². The summed E-state index contributed by atoms with van der Waals surface area (Å²) >= 11 is 0. The first kappa shape index (κ1) is 11.0. The minimum Gasteiger partial charge on any atom is -0.473 e. The molecule has 0 spiro atoms. The molecule has 1 aliphatic carbocycles. The van der Waals surface area contributed by atoms with Gasteiger partial charge in [-0.3, -0.25) is 0 Å². The van der Waals surface area contributed by atoms with E-state index in [0.29, 0.717) is 5.41 Å². The zero-order valence-electron chi connectivity index (χ0n) is 8.58. The van der Waals surface area contributed by atoms with Gasteiger partial charge in [-0.15, -0.1) is 0 Å². The summed E-state index contributed by atoms with van der Waals surface area (Å²) in [6.07, 6.45) is 3.29. The zero-order valence-corrected chi connectivity index (χ0v) is 8.58. The molecule has 0 radical (unpaired) electrons. The van der Waals surface area contributed by atoms with Gasteiger partial charge < -0.3 is 9.84 Å². The molecular weight excluding hydrogens is 184 g/mol. The first-order chi connectivity index (χ1) is 6.41. The Kier molecular flexibility index (Phi) is 3.13. The fourth-order valence-electron chi connectivity index (χ4n) is 1.69. The summed E-state index contributed by atoms with van der Waals surface area (Å²) in [6, 6.07) is 0. The Bertz CT molecular complexity index is 235. The molecule has 0 aliphatic heterocycles. The molecule has 0 amide bonds. The first-order valence-corrected chi connectivity index (χ1v) is 4.85. The second kappa shape index (κ2) is 3.98. The molecule has 1 fully saturated rings. The van der Waals surface area contributed by atoms with Gasteiger partial charge in [-0.1, -0.05) is 13.8 Å². The summed E-state index contributed by atoms with van der Waals surface area (Å²) in [7, 11) is 0. The van der Waals surface area contributed by atoms with E-state index in [1.807, 2.05) is 0 Å². The predicted molar refractivity (Wildman–Crippen MR) is 49.8 cm³/mol. The molecule has 0 bridgehead atoms. The number of carbonyl (C=O) groups is 2. The maximum atomic E-state index is 10.8. The lowest BCUT2D eigenvalue weighted by atomic mass is 9.76. The van der Waals surface area contributed by atoms with Crippen LogP contribution in [-0.4, -0.2) is 23.1 Å². The molecule has 0 aromatic carbocycles. The van der Waals surface area contributed by atoms with Crippen LogP contribution in [0.3, 0.4) is 0 Å². The number of aliphatic carboxylic acids is 1. The van der Waals surface area contributed by atoms with Crippen LogP contribution in [0.5, 0.6) is 0 Å². The Hall–Kier alpha value is -1.06. The van der Waals surface area contributed by atoms with Crippen molar-refractivity contribution in [2.75, 3.05) is 0 Å². The van der Waals surface area contributed by atoms with Crippen molar-refractivity contribution in [3.8, 4) is 0 Å². The van der Waals surface area contributed by atoms with Gasteiger partial charge >= 0.3 is 11.9 Å². The van der Waals surface area contributed by atoms with Crippen molar-refractivity contribution in [3.05, 3.63) is 0 Å². The Morgan fingerprint density at radius 3 is 2.21 bits per heavy atom. The third-order valence-corrected chi connectivity index (χ3v) is 2.73. The van der Waals surface area contributed by atoms with Gasteiger partial charge in [0.25, 0.3) is 0 Å². The van der Waals surface area contributed by atoms with Gasteiger partial charge in [-0.25, -0.2) is 9.59 Å². The van der Waals surface area contributed by atoms with Crippen LogP contribution in [0.15, 0.2) is 0 Å². The molecule has 0 aromatic heterocycles. The van der Waals surface area contributed by atoms with Crippen LogP contribution < -0.4 is 0 Å². The Balaban J connectivity index is 2.36. The van der Waals surface area contributed by atoms with Crippen LogP contribution in [-0.2, 0) is 14.3 Å². The van der Waals surface area contributed by atoms with Crippen LogP contribution in [0.2, 0.25) is 0 Å². The number of esters is 1. The maximum absolute atomic E-state index is 10.8. The van der Waals surface area contributed by atoms with Gasteiger partial charge in [0.15, 0.2) is 0 Å². The summed E-state index contributed by atoms with van der Waals surface area (Å²) in [4.78, 5) is 21.0. The lowest BCUT2D eigenvalue weighted by Gasteiger charge is -2.33. The highest BCUT2D eigenvalue weighted by atomic mass is 16.6. The summed E-state index contributed by atoms with van der Waals surface area (Å²) < 4.78 is 4.81. The number of carboxylic acids is 1. The van der Waals surface area contributed by atoms with Crippen molar-refractivity contribution in [3.63, 3.8) is 0 Å². The topological polar surface area (TPSA) is 63.6 Å². The smallest absolute Gasteiger partial charge is 0.417 e. The van der Waals surface area contributed by atoms with E-state index in [-0.39, 0.29) is 6.10 Å². The fourth-order valence-corrected chi connectivity index (χ4v) is 1.69. The highest BCUT2D eigenvalue weighted by molar-refractivity contribution is 6.28. The SMILES string of the molecule is CC1(C)CCC(OC(=O)C(=O)O)CC1. The van der Waals surface area contributed by atoms with Gasteiger partial charge in [-0.05, 0) is 31.1 Å². The lowest BCUT2D eigenvalue weighted by Crippen LogP contribution is -2.30. The van der Waals surface area contributed by atoms with Crippen molar-refractivity contribution in [1.29, 1.82) is 0 Å². The highest BCUT2D eigenvalue weighted by Crippen LogP contribution is 2.36. The van der Waals surface area contributed by atoms with Gasteiger partial charge in [0, 0.05) is 0 Å². The molecule has 14 heavy (non-hydrogen) atoms. The van der Waals surface area contributed by atoms with Crippen LogP contribution >= 0.6 is 0 Å². The van der Waals surface area contributed by atoms with E-state index < -0.39 is 11.9 Å². The molecule has 1 N–H and O–H groups in total. The van der Waals surface area contributed by atoms with Crippen LogP contribution in [0.1, 0.15) is 39.5 Å². The quantitative estimate of drug-likeness (QED) is 0.515. The van der Waals surface area contributed by atoms with Gasteiger partial charge in [-0.2, -0.15) is 0 Å². The van der Waals surface area contributed by atoms with Crippen LogP contribution in [0.4, 0.5) is 0 Å². The maximum Gasteiger partial charge on any atom is 0.417 e. The number of carbonyl (C=O) groups excluding carboxylic acids is 1. The molecular formula is C10H16O4. The van der Waals surface area contributed by atoms with Gasteiger partial charge in [0.05, 0.1) is 0 Å². The third-order valence-electron chi connectivity index (χ3n) is 2.73. The van der Waals surface area contributed by atoms with Gasteiger partial charge in [0.2, 0.25) is 0 Å². The van der Waals surface area contributed by atoms with E-state index in [0.717, 1.165) is 25.7 Å². The molecule has 1 saturated carbocycles. The molecule has 0 aromatic rings. The Labute approximate surface area is 83.2 Å². The molecule has 0 heterocycles. The lowest BCUT2D eigenvalue weighted by molar-refractivity contribution is -0.169. The van der Waals surface area contributed by atoms with Crippen molar-refractivity contribution in [1.82, 2.24) is 0 Å². The first-order valence-electron chi connectivity index (χ1n) is 4.85. The van der Waals surface area contributed by atoms with Crippen molar-refractivity contribution >= 4 is 11.9 Å². The summed E-state index contributed by atoms with van der Waals surface area (Å²) in [5.41, 5.74) is 0.298. The minimum absolute atomic E-state index is 0.202. The van der Waals surface area contributed by atoms with Crippen molar-refractivity contribution < 1.29 is 19.4 Å². The average molecular weight is 200 g/mol. The molecule has 4 nitrogen and oxygen atoms in total. The number of hydrogen-bond donors (Lipinski definition) is 1. The third kappa shape index (κ3) is 3.01. The number of hydrogen-bond acceptors (Lipinski definition) is 3. The molecule has 1 aliphatic rings. The van der Waals surface area contributed by atoms with E-state index in [2.05, 4.69) is 13.8 Å². The molecule has 4 heteroatoms. The number of ether oxygens (including phenoxy) is 1. The Morgan fingerprint density at radius 2 is 1.79 bits per heavy atom. The molecule has 0 unspecified atom stereocenters. The molecule has 0 saturated heterocycles. The molecule has 80 valence electrons. The number of rotatable bonds is 1. The van der Waals surface area contributed by atoms with E-state index in [4.69, 9.17) is 9.84 Å². The average Bonchev–Trinajstić information content (AvgIpc) is 2.08. The van der Waals surface area contributed by atoms with E-state index >= 15 is 0 Å². The summed E-state index contributed by atoms with van der Waals surface area (Å²) in [5, 5.41) is 8.34. The number of carboxylic acid groups (broad SMARTS) is 1. The van der Waals surface area contributed by atoms with Crippen molar-refractivity contribution in [2.45, 2.75) is 45.6 Å². The molecule has 1 rings (SSSR count). The molecule has 0 atom stereocenters. The second-order valence-corrected chi connectivity index (χ2v) is 4.57. The van der Waals surface area contributed by atoms with Crippen LogP contribution in [0, 0.1) is 5.41 Å². The summed E-state index contributed by atoms with van der Waals surface area (Å²) in [6.45, 7) is 4.34. The van der Waals surface area contributed by atoms with E-state index in [1.165, 1.54) is 0 Å². The zero-order chi connectivity index (χ0) is 10.8. The van der Waals surface area contributed by atoms with Crippen LogP contribution in [0.25, 0.3) is 0 Å². The van der Waals surface area contributed by atoms with Gasteiger partial charge in [0.1, 0.15) is 6.10 Å². The predicted octanol–water partition coefficient (Wildman–Crippen LogP) is 1.58. The fraction of sp³-hybridized carbons (Fsp3) is 0.800. The standard InChI is InChI=1S/C10H16O4/c1-10(2)5-3-7(4-6-10)14-9(13)8(11)12/h7H,3-6H2,1-2H3,(H,11,12). The Morgan fingerprint density at radius 1 is 1.29 bits per heavy atom. The summed E-state index contributed by atoms with van der Waals surface area (Å²) in [5.74, 6) is -2.63. The normalized spacial score (nSPS) is 21.6. The highest BCUT2D eigenvalue weighted by Gasteiger charge is 2.29. The monoisotopic (exact) mass is 200 g/mol. The largest absolute Gasteiger partial charge is 0.473 e. The van der Waals surface area contributed by atoms with Crippen molar-refractivity contribution in [2.24, 2.45) is 5.41 Å². The second-order valence-electron chi connectivity index (χ2n) is 4.57. The minimum atomic E-state index is -1.50. The van der Waals surface area contributed by atoms with E-state index in [9.17, 15) is 9.59 Å².